The molecule has 5 heteroatoms. The van der Waals surface area contributed by atoms with Crippen LogP contribution in [-0.4, -0.2) is 38.3 Å². The Balaban J connectivity index is 1.97. The number of aryl methyl sites for hydroxylation is 1. The molecule has 1 fully saturated rings. The molecule has 0 aliphatic carbocycles. The minimum Gasteiger partial charge on any atom is -0.456 e. The van der Waals surface area contributed by atoms with Crippen LogP contribution in [0.2, 0.25) is 0 Å². The number of hydrogen-bond donors (Lipinski definition) is 2. The van der Waals surface area contributed by atoms with Crippen molar-refractivity contribution in [1.29, 1.82) is 0 Å². The second-order valence-electron chi connectivity index (χ2n) is 3.92. The fraction of sp³-hybridized carbons (Fsp3) is 0.545. The molecular weight excluding hydrogens is 208 g/mol. The van der Waals surface area contributed by atoms with E-state index in [-0.39, 0.29) is 18.1 Å². The van der Waals surface area contributed by atoms with E-state index in [0.29, 0.717) is 5.76 Å². The molecule has 0 saturated carbocycles. The molecule has 1 aliphatic rings. The van der Waals surface area contributed by atoms with Gasteiger partial charge in [0.1, 0.15) is 5.76 Å². The summed E-state index contributed by atoms with van der Waals surface area (Å²) in [6.07, 6.45) is 0.0278. The molecule has 16 heavy (non-hydrogen) atoms. The number of amides is 1. The van der Waals surface area contributed by atoms with Crippen molar-refractivity contribution in [3.05, 3.63) is 23.7 Å². The topological polar surface area (TPSA) is 63.5 Å². The van der Waals surface area contributed by atoms with E-state index >= 15 is 0 Å². The van der Waals surface area contributed by atoms with E-state index in [9.17, 15) is 4.79 Å². The van der Waals surface area contributed by atoms with E-state index in [1.54, 1.807) is 19.2 Å². The second-order valence-corrected chi connectivity index (χ2v) is 3.92. The third-order valence-electron chi connectivity index (χ3n) is 2.74. The van der Waals surface area contributed by atoms with Crippen molar-refractivity contribution in [2.75, 3.05) is 20.2 Å². The van der Waals surface area contributed by atoms with Crippen LogP contribution < -0.4 is 10.6 Å². The largest absolute Gasteiger partial charge is 0.456 e. The van der Waals surface area contributed by atoms with Crippen LogP contribution in [0.1, 0.15) is 16.3 Å². The van der Waals surface area contributed by atoms with Crippen LogP contribution in [0, 0.1) is 6.92 Å². The fourth-order valence-electron chi connectivity index (χ4n) is 1.84. The zero-order chi connectivity index (χ0) is 11.5. The highest BCUT2D eigenvalue weighted by Crippen LogP contribution is 2.08. The van der Waals surface area contributed by atoms with Gasteiger partial charge >= 0.3 is 0 Å². The van der Waals surface area contributed by atoms with Crippen molar-refractivity contribution in [2.24, 2.45) is 0 Å². The number of furan rings is 1. The molecule has 88 valence electrons. The summed E-state index contributed by atoms with van der Waals surface area (Å²) in [4.78, 5) is 11.8. The van der Waals surface area contributed by atoms with Gasteiger partial charge in [0.2, 0.25) is 0 Å². The lowest BCUT2D eigenvalue weighted by Crippen LogP contribution is -2.43. The molecule has 0 radical (unpaired) electrons. The minimum absolute atomic E-state index is 0.00269. The van der Waals surface area contributed by atoms with E-state index in [1.165, 1.54) is 0 Å². The Morgan fingerprint density at radius 3 is 3.00 bits per heavy atom. The maximum Gasteiger partial charge on any atom is 0.287 e. The second kappa shape index (κ2) is 4.67. The number of nitrogens with one attached hydrogen (secondary N) is 2. The van der Waals surface area contributed by atoms with Gasteiger partial charge in [-0.1, -0.05) is 0 Å². The van der Waals surface area contributed by atoms with Gasteiger partial charge in [-0.25, -0.2) is 0 Å². The normalized spacial score (nSPS) is 24.6. The summed E-state index contributed by atoms with van der Waals surface area (Å²) in [5.74, 6) is 0.890. The Morgan fingerprint density at radius 2 is 2.38 bits per heavy atom. The van der Waals surface area contributed by atoms with Crippen molar-refractivity contribution in [3.63, 3.8) is 0 Å². The molecule has 2 unspecified atom stereocenters. The quantitative estimate of drug-likeness (QED) is 0.775. The molecule has 0 bridgehead atoms. The third kappa shape index (κ3) is 2.25. The first-order chi connectivity index (χ1) is 7.70. The first-order valence-corrected chi connectivity index (χ1v) is 5.31. The van der Waals surface area contributed by atoms with Gasteiger partial charge < -0.3 is 19.8 Å². The average molecular weight is 224 g/mol. The van der Waals surface area contributed by atoms with E-state index in [2.05, 4.69) is 10.6 Å². The van der Waals surface area contributed by atoms with Gasteiger partial charge in [-0.05, 0) is 19.1 Å². The van der Waals surface area contributed by atoms with Crippen LogP contribution >= 0.6 is 0 Å². The Labute approximate surface area is 94.1 Å². The van der Waals surface area contributed by atoms with E-state index in [4.69, 9.17) is 9.15 Å². The van der Waals surface area contributed by atoms with Crippen molar-refractivity contribution >= 4 is 5.91 Å². The van der Waals surface area contributed by atoms with Crippen molar-refractivity contribution < 1.29 is 13.9 Å². The number of rotatable bonds is 3. The summed E-state index contributed by atoms with van der Waals surface area (Å²) in [5, 5.41) is 6.05. The highest BCUT2D eigenvalue weighted by Gasteiger charge is 2.28. The van der Waals surface area contributed by atoms with E-state index in [1.807, 2.05) is 6.92 Å². The zero-order valence-corrected chi connectivity index (χ0v) is 9.45. The molecule has 1 saturated heterocycles. The first-order valence-electron chi connectivity index (χ1n) is 5.31. The Morgan fingerprint density at radius 1 is 1.56 bits per heavy atom. The number of carbonyl (C=O) groups is 1. The van der Waals surface area contributed by atoms with Crippen molar-refractivity contribution in [3.8, 4) is 0 Å². The molecule has 2 N–H and O–H groups in total. The standard InChI is InChI=1S/C11H16N2O3/c1-7-3-4-9(16-7)11(14)13-8-5-12-6-10(8)15-2/h3-4,8,10,12H,5-6H2,1-2H3,(H,13,14). The molecule has 1 amide bonds. The molecule has 0 spiro atoms. The zero-order valence-electron chi connectivity index (χ0n) is 9.45. The Bertz CT molecular complexity index is 375. The van der Waals surface area contributed by atoms with Crippen LogP contribution in [0.15, 0.2) is 16.5 Å². The molecule has 1 aromatic rings. The summed E-state index contributed by atoms with van der Waals surface area (Å²) >= 11 is 0. The number of ether oxygens (including phenoxy) is 1. The van der Waals surface area contributed by atoms with E-state index in [0.717, 1.165) is 18.8 Å². The SMILES string of the molecule is COC1CNCC1NC(=O)c1ccc(C)o1. The summed E-state index contributed by atoms with van der Waals surface area (Å²) < 4.78 is 10.5. The summed E-state index contributed by atoms with van der Waals surface area (Å²) in [5.41, 5.74) is 0. The molecule has 0 aromatic carbocycles. The Kier molecular flexibility index (Phi) is 3.26. The molecule has 5 nitrogen and oxygen atoms in total. The van der Waals surface area contributed by atoms with Gasteiger partial charge in [-0.2, -0.15) is 0 Å². The summed E-state index contributed by atoms with van der Waals surface area (Å²) in [6.45, 7) is 3.30. The monoisotopic (exact) mass is 224 g/mol. The van der Waals surface area contributed by atoms with Crippen molar-refractivity contribution in [2.45, 2.75) is 19.1 Å². The smallest absolute Gasteiger partial charge is 0.287 e. The van der Waals surface area contributed by atoms with Crippen LogP contribution in [0.4, 0.5) is 0 Å². The van der Waals surface area contributed by atoms with E-state index < -0.39 is 0 Å². The lowest BCUT2D eigenvalue weighted by molar-refractivity contribution is 0.0759. The molecule has 1 aromatic heterocycles. The molecule has 1 aliphatic heterocycles. The molecule has 2 atom stereocenters. The number of hydrogen-bond acceptors (Lipinski definition) is 4. The van der Waals surface area contributed by atoms with Crippen LogP contribution in [0.5, 0.6) is 0 Å². The minimum atomic E-state index is -0.191. The van der Waals surface area contributed by atoms with Crippen LogP contribution in [0.25, 0.3) is 0 Å². The maximum atomic E-state index is 11.8. The van der Waals surface area contributed by atoms with Gasteiger partial charge in [-0.3, -0.25) is 4.79 Å². The fourth-order valence-corrected chi connectivity index (χ4v) is 1.84. The molecule has 2 heterocycles. The van der Waals surface area contributed by atoms with Crippen LogP contribution in [-0.2, 0) is 4.74 Å². The average Bonchev–Trinajstić information content (AvgIpc) is 2.86. The van der Waals surface area contributed by atoms with Crippen molar-refractivity contribution in [1.82, 2.24) is 10.6 Å². The van der Waals surface area contributed by atoms with Gasteiger partial charge in [0, 0.05) is 20.2 Å². The van der Waals surface area contributed by atoms with Gasteiger partial charge in [-0.15, -0.1) is 0 Å². The number of carbonyl (C=O) groups excluding carboxylic acids is 1. The summed E-state index contributed by atoms with van der Waals surface area (Å²) in [6, 6.07) is 3.45. The highest BCUT2D eigenvalue weighted by molar-refractivity contribution is 5.91. The number of methoxy groups -OCH3 is 1. The lowest BCUT2D eigenvalue weighted by Gasteiger charge is -2.17. The highest BCUT2D eigenvalue weighted by atomic mass is 16.5. The van der Waals surface area contributed by atoms with Crippen LogP contribution in [0.3, 0.4) is 0 Å². The Hall–Kier alpha value is -1.33. The predicted molar refractivity (Wildman–Crippen MR) is 58.4 cm³/mol. The van der Waals surface area contributed by atoms with Gasteiger partial charge in [0.25, 0.3) is 5.91 Å². The lowest BCUT2D eigenvalue weighted by atomic mass is 10.2. The molecular formula is C11H16N2O3. The van der Waals surface area contributed by atoms with Gasteiger partial charge in [0.05, 0.1) is 12.1 Å². The third-order valence-corrected chi connectivity index (χ3v) is 2.74. The van der Waals surface area contributed by atoms with Gasteiger partial charge in [0.15, 0.2) is 5.76 Å². The predicted octanol–water partition coefficient (Wildman–Crippen LogP) is 0.305. The molecule has 2 rings (SSSR count). The first kappa shape index (κ1) is 11.2. The summed E-state index contributed by atoms with van der Waals surface area (Å²) in [7, 11) is 1.65. The maximum absolute atomic E-state index is 11.8.